The Labute approximate surface area is 107 Å². The van der Waals surface area contributed by atoms with E-state index in [9.17, 15) is 14.7 Å². The van der Waals surface area contributed by atoms with Gasteiger partial charge in [-0.05, 0) is 33.1 Å². The maximum absolute atomic E-state index is 12.1. The first-order valence-corrected chi connectivity index (χ1v) is 6.22. The molecule has 1 heterocycles. The number of carbonyl (C=O) groups is 2. The Hall–Kier alpha value is -1.30. The lowest BCUT2D eigenvalue weighted by Gasteiger charge is -2.41. The zero-order valence-corrected chi connectivity index (χ0v) is 11.2. The fraction of sp³-hybridized carbons (Fsp3) is 0.833. The number of amides is 2. The van der Waals surface area contributed by atoms with Crippen LogP contribution in [-0.4, -0.2) is 53.8 Å². The second-order valence-electron chi connectivity index (χ2n) is 4.99. The minimum absolute atomic E-state index is 0.137. The number of methoxy groups -OCH3 is 1. The zero-order chi connectivity index (χ0) is 13.8. The number of nitrogens with one attached hydrogen (secondary N) is 1. The van der Waals surface area contributed by atoms with Crippen molar-refractivity contribution in [2.75, 3.05) is 20.3 Å². The van der Waals surface area contributed by atoms with Gasteiger partial charge in [-0.3, -0.25) is 0 Å². The lowest BCUT2D eigenvalue weighted by atomic mass is 9.89. The monoisotopic (exact) mass is 258 g/mol. The number of carboxylic acids is 1. The van der Waals surface area contributed by atoms with Gasteiger partial charge in [0, 0.05) is 13.7 Å². The van der Waals surface area contributed by atoms with Crippen molar-refractivity contribution < 1.29 is 19.4 Å². The molecule has 0 aromatic carbocycles. The Bertz CT molecular complexity index is 321. The highest BCUT2D eigenvalue weighted by molar-refractivity contribution is 5.86. The Morgan fingerprint density at radius 2 is 2.17 bits per heavy atom. The van der Waals surface area contributed by atoms with Crippen LogP contribution in [-0.2, 0) is 9.53 Å². The minimum atomic E-state index is -1.10. The summed E-state index contributed by atoms with van der Waals surface area (Å²) in [5.41, 5.74) is -1.10. The quantitative estimate of drug-likeness (QED) is 0.790. The molecule has 0 saturated carbocycles. The van der Waals surface area contributed by atoms with E-state index in [1.807, 2.05) is 6.92 Å². The van der Waals surface area contributed by atoms with Gasteiger partial charge in [-0.15, -0.1) is 0 Å². The maximum Gasteiger partial charge on any atom is 0.329 e. The van der Waals surface area contributed by atoms with Crippen molar-refractivity contribution in [3.05, 3.63) is 0 Å². The van der Waals surface area contributed by atoms with Gasteiger partial charge >= 0.3 is 12.0 Å². The summed E-state index contributed by atoms with van der Waals surface area (Å²) >= 11 is 0. The smallest absolute Gasteiger partial charge is 0.329 e. The van der Waals surface area contributed by atoms with Crippen molar-refractivity contribution in [1.29, 1.82) is 0 Å². The molecular formula is C12H22N2O4. The number of hydrogen-bond acceptors (Lipinski definition) is 3. The van der Waals surface area contributed by atoms with Crippen LogP contribution < -0.4 is 5.32 Å². The Balaban J connectivity index is 2.72. The molecule has 1 aliphatic rings. The molecule has 6 heteroatoms. The molecule has 6 nitrogen and oxygen atoms in total. The summed E-state index contributed by atoms with van der Waals surface area (Å²) in [5, 5.41) is 12.1. The molecule has 1 fully saturated rings. The number of likely N-dealkylation sites (tertiary alicyclic amines) is 1. The zero-order valence-electron chi connectivity index (χ0n) is 11.2. The van der Waals surface area contributed by atoms with Crippen LogP contribution in [0.1, 0.15) is 33.1 Å². The van der Waals surface area contributed by atoms with Crippen molar-refractivity contribution in [3.63, 3.8) is 0 Å². The highest BCUT2D eigenvalue weighted by Crippen LogP contribution is 2.28. The van der Waals surface area contributed by atoms with Crippen molar-refractivity contribution in [1.82, 2.24) is 10.2 Å². The van der Waals surface area contributed by atoms with Crippen molar-refractivity contribution in [2.24, 2.45) is 0 Å². The lowest BCUT2D eigenvalue weighted by molar-refractivity contribution is -0.150. The largest absolute Gasteiger partial charge is 0.480 e. The average Bonchev–Trinajstić information content (AvgIpc) is 2.29. The van der Waals surface area contributed by atoms with Crippen LogP contribution in [0.3, 0.4) is 0 Å². The van der Waals surface area contributed by atoms with E-state index in [1.54, 1.807) is 14.0 Å². The number of urea groups is 1. The van der Waals surface area contributed by atoms with Crippen LogP contribution in [0.4, 0.5) is 4.79 Å². The minimum Gasteiger partial charge on any atom is -0.480 e. The maximum atomic E-state index is 12.1. The third kappa shape index (κ3) is 3.13. The van der Waals surface area contributed by atoms with Gasteiger partial charge in [-0.2, -0.15) is 0 Å². The molecule has 104 valence electrons. The predicted octanol–water partition coefficient (Wildman–Crippen LogP) is 1.06. The standard InChI is InChI=1S/C12H22N2O4/c1-9(8-18-3)13-11(17)14-7-5-4-6-12(14,2)10(15)16/h9H,4-8H2,1-3H3,(H,13,17)(H,15,16). The molecule has 1 rings (SSSR count). The van der Waals surface area contributed by atoms with E-state index in [-0.39, 0.29) is 12.1 Å². The molecule has 0 spiro atoms. The van der Waals surface area contributed by atoms with Crippen LogP contribution in [0.25, 0.3) is 0 Å². The SMILES string of the molecule is COCC(C)NC(=O)N1CCCCC1(C)C(=O)O. The van der Waals surface area contributed by atoms with Crippen LogP contribution >= 0.6 is 0 Å². The number of nitrogens with zero attached hydrogens (tertiary/aromatic N) is 1. The van der Waals surface area contributed by atoms with Gasteiger partial charge in [0.25, 0.3) is 0 Å². The molecule has 0 aromatic heterocycles. The van der Waals surface area contributed by atoms with Crippen molar-refractivity contribution >= 4 is 12.0 Å². The molecule has 0 bridgehead atoms. The van der Waals surface area contributed by atoms with Gasteiger partial charge in [-0.1, -0.05) is 0 Å². The summed E-state index contributed by atoms with van der Waals surface area (Å²) in [5.74, 6) is -0.947. The van der Waals surface area contributed by atoms with Gasteiger partial charge in [0.2, 0.25) is 0 Å². The molecular weight excluding hydrogens is 236 g/mol. The number of piperidine rings is 1. The van der Waals surface area contributed by atoms with Gasteiger partial charge < -0.3 is 20.1 Å². The second kappa shape index (κ2) is 6.04. The summed E-state index contributed by atoms with van der Waals surface area (Å²) in [6.07, 6.45) is 2.17. The first-order chi connectivity index (χ1) is 8.41. The summed E-state index contributed by atoms with van der Waals surface area (Å²) < 4.78 is 4.94. The normalized spacial score (nSPS) is 25.6. The van der Waals surface area contributed by atoms with Crippen molar-refractivity contribution in [2.45, 2.75) is 44.7 Å². The van der Waals surface area contributed by atoms with Gasteiger partial charge in [-0.25, -0.2) is 9.59 Å². The first-order valence-electron chi connectivity index (χ1n) is 6.22. The van der Waals surface area contributed by atoms with Gasteiger partial charge in [0.1, 0.15) is 5.54 Å². The molecule has 2 unspecified atom stereocenters. The highest BCUT2D eigenvalue weighted by atomic mass is 16.5. The number of aliphatic carboxylic acids is 1. The van der Waals surface area contributed by atoms with Gasteiger partial charge in [0.05, 0.1) is 12.6 Å². The van der Waals surface area contributed by atoms with E-state index in [2.05, 4.69) is 5.32 Å². The number of hydrogen-bond donors (Lipinski definition) is 2. The van der Waals surface area contributed by atoms with E-state index in [0.717, 1.165) is 12.8 Å². The molecule has 1 aliphatic heterocycles. The van der Waals surface area contributed by atoms with E-state index >= 15 is 0 Å². The van der Waals surface area contributed by atoms with Crippen molar-refractivity contribution in [3.8, 4) is 0 Å². The average molecular weight is 258 g/mol. The molecule has 0 aliphatic carbocycles. The second-order valence-corrected chi connectivity index (χ2v) is 4.99. The van der Waals surface area contributed by atoms with Crippen LogP contribution in [0, 0.1) is 0 Å². The molecule has 0 radical (unpaired) electrons. The molecule has 1 saturated heterocycles. The topological polar surface area (TPSA) is 78.9 Å². The molecule has 2 N–H and O–H groups in total. The lowest BCUT2D eigenvalue weighted by Crippen LogP contribution is -2.61. The first kappa shape index (κ1) is 14.8. The summed E-state index contributed by atoms with van der Waals surface area (Å²) in [4.78, 5) is 24.9. The molecule has 18 heavy (non-hydrogen) atoms. The fourth-order valence-corrected chi connectivity index (χ4v) is 2.25. The van der Waals surface area contributed by atoms with Crippen LogP contribution in [0.5, 0.6) is 0 Å². The highest BCUT2D eigenvalue weighted by Gasteiger charge is 2.44. The Morgan fingerprint density at radius 1 is 1.50 bits per heavy atom. The Kier molecular flexibility index (Phi) is 4.95. The summed E-state index contributed by atoms with van der Waals surface area (Å²) in [6.45, 7) is 4.32. The van der Waals surface area contributed by atoms with E-state index in [1.165, 1.54) is 4.90 Å². The van der Waals surface area contributed by atoms with E-state index in [0.29, 0.717) is 19.6 Å². The predicted molar refractivity (Wildman–Crippen MR) is 66.5 cm³/mol. The Morgan fingerprint density at radius 3 is 2.72 bits per heavy atom. The fourth-order valence-electron chi connectivity index (χ4n) is 2.25. The van der Waals surface area contributed by atoms with Crippen LogP contribution in [0.15, 0.2) is 0 Å². The molecule has 2 atom stereocenters. The number of rotatable bonds is 4. The van der Waals surface area contributed by atoms with E-state index in [4.69, 9.17) is 4.74 Å². The molecule has 0 aromatic rings. The summed E-state index contributed by atoms with van der Waals surface area (Å²) in [6, 6.07) is -0.466. The molecule has 2 amide bonds. The van der Waals surface area contributed by atoms with Gasteiger partial charge in [0.15, 0.2) is 0 Å². The number of ether oxygens (including phenoxy) is 1. The third-order valence-electron chi connectivity index (χ3n) is 3.38. The van der Waals surface area contributed by atoms with E-state index < -0.39 is 11.5 Å². The number of carbonyl (C=O) groups excluding carboxylic acids is 1. The number of carboxylic acid groups (broad SMARTS) is 1. The third-order valence-corrected chi connectivity index (χ3v) is 3.38. The van der Waals surface area contributed by atoms with Crippen LogP contribution in [0.2, 0.25) is 0 Å². The summed E-state index contributed by atoms with van der Waals surface area (Å²) in [7, 11) is 1.56.